The predicted octanol–water partition coefficient (Wildman–Crippen LogP) is 5.05. The van der Waals surface area contributed by atoms with Gasteiger partial charge in [-0.05, 0) is 37.3 Å². The van der Waals surface area contributed by atoms with Crippen LogP contribution in [0.5, 0.6) is 5.75 Å². The maximum Gasteiger partial charge on any atom is 0.387 e. The number of amides is 1. The van der Waals surface area contributed by atoms with E-state index >= 15 is 0 Å². The molecule has 2 heterocycles. The molecule has 0 saturated heterocycles. The number of halogens is 3. The Morgan fingerprint density at radius 1 is 1.13 bits per heavy atom. The first kappa shape index (κ1) is 19.8. The fourth-order valence-corrected chi connectivity index (χ4v) is 3.72. The lowest BCUT2D eigenvalue weighted by molar-refractivity contribution is -0.0498. The van der Waals surface area contributed by atoms with Crippen molar-refractivity contribution in [2.45, 2.75) is 13.5 Å². The Hall–Kier alpha value is -3.53. The van der Waals surface area contributed by atoms with E-state index in [1.807, 2.05) is 6.92 Å². The Bertz CT molecular complexity index is 1230. The average molecular weight is 430 g/mol. The topological polar surface area (TPSA) is 77.0 Å². The number of hydrogen-bond donors (Lipinski definition) is 1. The summed E-state index contributed by atoms with van der Waals surface area (Å²) >= 11 is 1.23. The van der Waals surface area contributed by atoms with E-state index in [4.69, 9.17) is 0 Å². The van der Waals surface area contributed by atoms with Crippen LogP contribution in [0.25, 0.3) is 22.3 Å². The number of ether oxygens (including phenoxy) is 1. The summed E-state index contributed by atoms with van der Waals surface area (Å²) in [5, 5.41) is 2.96. The van der Waals surface area contributed by atoms with E-state index in [1.54, 1.807) is 12.1 Å². The molecule has 0 bridgehead atoms. The van der Waals surface area contributed by atoms with Gasteiger partial charge in [0.1, 0.15) is 17.1 Å². The van der Waals surface area contributed by atoms with Crippen molar-refractivity contribution >= 4 is 33.4 Å². The van der Waals surface area contributed by atoms with E-state index in [1.165, 1.54) is 41.9 Å². The molecule has 0 atom stereocenters. The van der Waals surface area contributed by atoms with Crippen molar-refractivity contribution < 1.29 is 22.7 Å². The van der Waals surface area contributed by atoms with E-state index in [0.29, 0.717) is 16.4 Å². The molecule has 0 aliphatic carbocycles. The van der Waals surface area contributed by atoms with Crippen molar-refractivity contribution in [2.75, 3.05) is 5.32 Å². The highest BCUT2D eigenvalue weighted by atomic mass is 32.1. The fourth-order valence-electron chi connectivity index (χ4n) is 2.89. The molecule has 0 aliphatic heterocycles. The zero-order valence-corrected chi connectivity index (χ0v) is 16.2. The minimum Gasteiger partial charge on any atom is -0.435 e. The number of fused-ring (bicyclic) bond motifs is 1. The van der Waals surface area contributed by atoms with Crippen molar-refractivity contribution in [1.29, 1.82) is 0 Å². The third-order valence-corrected chi connectivity index (χ3v) is 5.04. The summed E-state index contributed by atoms with van der Waals surface area (Å²) in [5.41, 5.74) is 1.85. The molecule has 2 aromatic carbocycles. The lowest BCUT2D eigenvalue weighted by Gasteiger charge is -2.06. The van der Waals surface area contributed by atoms with Crippen LogP contribution >= 0.6 is 11.3 Å². The molecule has 0 unspecified atom stereocenters. The summed E-state index contributed by atoms with van der Waals surface area (Å²) in [6, 6.07) is 8.32. The van der Waals surface area contributed by atoms with Crippen molar-refractivity contribution in [3.8, 4) is 17.0 Å². The highest BCUT2D eigenvalue weighted by Crippen LogP contribution is 2.32. The van der Waals surface area contributed by atoms with Crippen molar-refractivity contribution in [1.82, 2.24) is 15.0 Å². The first-order valence-electron chi connectivity index (χ1n) is 8.65. The number of nitrogens with zero attached hydrogens (tertiary/aromatic N) is 3. The predicted molar refractivity (Wildman–Crippen MR) is 106 cm³/mol. The summed E-state index contributed by atoms with van der Waals surface area (Å²) in [5.74, 6) is -1.13. The second-order valence-electron chi connectivity index (χ2n) is 6.16. The first-order valence-corrected chi connectivity index (χ1v) is 9.46. The van der Waals surface area contributed by atoms with Crippen molar-refractivity contribution in [3.05, 3.63) is 65.0 Å². The van der Waals surface area contributed by atoms with Gasteiger partial charge >= 0.3 is 6.61 Å². The number of alkyl halides is 2. The van der Waals surface area contributed by atoms with E-state index in [9.17, 15) is 18.0 Å². The molecule has 2 aromatic heterocycles. The van der Waals surface area contributed by atoms with Gasteiger partial charge in [-0.3, -0.25) is 20.1 Å². The molecule has 0 aliphatic rings. The molecular formula is C20H13F3N4O2S. The molecule has 1 amide bonds. The lowest BCUT2D eigenvalue weighted by Crippen LogP contribution is -2.13. The van der Waals surface area contributed by atoms with Crippen molar-refractivity contribution in [3.63, 3.8) is 0 Å². The van der Waals surface area contributed by atoms with Gasteiger partial charge in [0.25, 0.3) is 5.91 Å². The summed E-state index contributed by atoms with van der Waals surface area (Å²) < 4.78 is 42.8. The van der Waals surface area contributed by atoms with Gasteiger partial charge in [0.05, 0.1) is 16.8 Å². The number of anilines is 1. The smallest absolute Gasteiger partial charge is 0.387 e. The zero-order valence-electron chi connectivity index (χ0n) is 15.4. The second-order valence-corrected chi connectivity index (χ2v) is 7.36. The number of aryl methyl sites for hydroxylation is 1. The van der Waals surface area contributed by atoms with Gasteiger partial charge in [0, 0.05) is 28.9 Å². The van der Waals surface area contributed by atoms with Crippen LogP contribution in [0.15, 0.2) is 48.8 Å². The van der Waals surface area contributed by atoms with Gasteiger partial charge in [-0.25, -0.2) is 9.37 Å². The Labute approximate surface area is 172 Å². The highest BCUT2D eigenvalue weighted by Gasteiger charge is 2.17. The molecule has 0 radical (unpaired) electrons. The number of benzene rings is 2. The Morgan fingerprint density at radius 3 is 2.60 bits per heavy atom. The molecule has 10 heteroatoms. The molecule has 152 valence electrons. The summed E-state index contributed by atoms with van der Waals surface area (Å²) in [6.45, 7) is -1.09. The van der Waals surface area contributed by atoms with E-state index in [0.717, 1.165) is 10.9 Å². The van der Waals surface area contributed by atoms with Crippen LogP contribution < -0.4 is 10.1 Å². The number of thiazole rings is 1. The number of carbonyl (C=O) groups excluding carboxylic acids is 1. The van der Waals surface area contributed by atoms with E-state index in [2.05, 4.69) is 25.0 Å². The Balaban J connectivity index is 1.59. The maximum atomic E-state index is 13.9. The summed E-state index contributed by atoms with van der Waals surface area (Å²) in [4.78, 5) is 26.1. The third kappa shape index (κ3) is 4.08. The summed E-state index contributed by atoms with van der Waals surface area (Å²) in [7, 11) is 0. The van der Waals surface area contributed by atoms with Crippen LogP contribution in [-0.2, 0) is 0 Å². The summed E-state index contributed by atoms with van der Waals surface area (Å²) in [6.07, 6.45) is 2.83. The number of rotatable bonds is 5. The van der Waals surface area contributed by atoms with Crippen LogP contribution in [0.4, 0.5) is 18.3 Å². The zero-order chi connectivity index (χ0) is 21.3. The lowest BCUT2D eigenvalue weighted by atomic mass is 10.1. The molecule has 4 rings (SSSR count). The normalized spacial score (nSPS) is 11.1. The van der Waals surface area contributed by atoms with Crippen LogP contribution in [0, 0.1) is 12.7 Å². The molecule has 4 aromatic rings. The maximum absolute atomic E-state index is 13.9. The van der Waals surface area contributed by atoms with Crippen LogP contribution in [-0.4, -0.2) is 27.5 Å². The molecule has 0 spiro atoms. The van der Waals surface area contributed by atoms with Crippen LogP contribution in [0.1, 0.15) is 15.2 Å². The molecule has 0 saturated carbocycles. The quantitative estimate of drug-likeness (QED) is 0.479. The van der Waals surface area contributed by atoms with Crippen LogP contribution in [0.3, 0.4) is 0 Å². The Morgan fingerprint density at radius 2 is 1.87 bits per heavy atom. The van der Waals surface area contributed by atoms with Gasteiger partial charge in [0.15, 0.2) is 5.13 Å². The molecule has 30 heavy (non-hydrogen) atoms. The third-order valence-electron chi connectivity index (χ3n) is 4.15. The minimum absolute atomic E-state index is 0.0363. The number of aromatic nitrogens is 3. The van der Waals surface area contributed by atoms with Gasteiger partial charge in [-0.2, -0.15) is 8.78 Å². The molecule has 1 N–H and O–H groups in total. The van der Waals surface area contributed by atoms with Crippen molar-refractivity contribution in [2.24, 2.45) is 0 Å². The van der Waals surface area contributed by atoms with E-state index in [-0.39, 0.29) is 22.3 Å². The van der Waals surface area contributed by atoms with E-state index < -0.39 is 18.3 Å². The fraction of sp³-hybridized carbons (Fsp3) is 0.100. The number of carbonyl (C=O) groups is 1. The Kier molecular flexibility index (Phi) is 5.32. The average Bonchev–Trinajstić information content (AvgIpc) is 3.07. The largest absolute Gasteiger partial charge is 0.435 e. The SMILES string of the molecule is Cc1sc(NC(=O)c2cc(F)cc3nccnc23)nc1-c1ccc(OC(F)F)cc1. The number of hydrogen-bond acceptors (Lipinski definition) is 6. The van der Waals surface area contributed by atoms with Gasteiger partial charge in [-0.15, -0.1) is 11.3 Å². The second kappa shape index (κ2) is 8.07. The molecule has 0 fully saturated rings. The van der Waals surface area contributed by atoms with Gasteiger partial charge in [-0.1, -0.05) is 0 Å². The molecular weight excluding hydrogens is 417 g/mol. The minimum atomic E-state index is -2.90. The van der Waals surface area contributed by atoms with Crippen LogP contribution in [0.2, 0.25) is 0 Å². The monoisotopic (exact) mass is 430 g/mol. The first-order chi connectivity index (χ1) is 14.4. The highest BCUT2D eigenvalue weighted by molar-refractivity contribution is 7.16. The standard InChI is InChI=1S/C20H13F3N4O2S/c1-10-16(11-2-4-13(5-3-11)29-19(22)23)26-20(30-10)27-18(28)14-8-12(21)9-15-17(14)25-7-6-24-15/h2-9,19H,1H3,(H,26,27,28). The van der Waals surface area contributed by atoms with Gasteiger partial charge < -0.3 is 4.74 Å². The molecule has 6 nitrogen and oxygen atoms in total. The van der Waals surface area contributed by atoms with Gasteiger partial charge in [0.2, 0.25) is 0 Å². The number of nitrogens with one attached hydrogen (secondary N) is 1.